The highest BCUT2D eigenvalue weighted by molar-refractivity contribution is 6.34. The minimum atomic E-state index is 0.622. The SMILES string of the molecule is Clc1ccc(Cl)c(OCC2CCNCC2)c1. The first-order valence-corrected chi connectivity index (χ1v) is 6.30. The summed E-state index contributed by atoms with van der Waals surface area (Å²) < 4.78 is 5.71. The summed E-state index contributed by atoms with van der Waals surface area (Å²) in [5.41, 5.74) is 0. The normalized spacial score (nSPS) is 17.4. The van der Waals surface area contributed by atoms with E-state index in [1.54, 1.807) is 18.2 Å². The fraction of sp³-hybridized carbons (Fsp3) is 0.500. The van der Waals surface area contributed by atoms with Crippen molar-refractivity contribution in [2.75, 3.05) is 19.7 Å². The summed E-state index contributed by atoms with van der Waals surface area (Å²) in [6, 6.07) is 5.30. The van der Waals surface area contributed by atoms with Gasteiger partial charge in [-0.2, -0.15) is 0 Å². The number of nitrogens with one attached hydrogen (secondary N) is 1. The number of rotatable bonds is 3. The van der Waals surface area contributed by atoms with Gasteiger partial charge in [-0.3, -0.25) is 0 Å². The first-order chi connectivity index (χ1) is 7.75. The zero-order valence-corrected chi connectivity index (χ0v) is 10.5. The van der Waals surface area contributed by atoms with E-state index in [9.17, 15) is 0 Å². The summed E-state index contributed by atoms with van der Waals surface area (Å²) in [6.45, 7) is 2.89. The highest BCUT2D eigenvalue weighted by atomic mass is 35.5. The van der Waals surface area contributed by atoms with Crippen molar-refractivity contribution >= 4 is 23.2 Å². The Morgan fingerprint density at radius 1 is 1.25 bits per heavy atom. The summed E-state index contributed by atoms with van der Waals surface area (Å²) in [5, 5.41) is 4.61. The van der Waals surface area contributed by atoms with Crippen LogP contribution < -0.4 is 10.1 Å². The molecule has 0 atom stereocenters. The molecule has 2 rings (SSSR count). The zero-order chi connectivity index (χ0) is 11.4. The summed E-state index contributed by atoms with van der Waals surface area (Å²) in [7, 11) is 0. The predicted molar refractivity (Wildman–Crippen MR) is 67.6 cm³/mol. The third-order valence-electron chi connectivity index (χ3n) is 2.83. The van der Waals surface area contributed by atoms with Crippen molar-refractivity contribution < 1.29 is 4.74 Å². The van der Waals surface area contributed by atoms with Gasteiger partial charge in [0.15, 0.2) is 0 Å². The number of benzene rings is 1. The molecule has 1 heterocycles. The van der Waals surface area contributed by atoms with Crippen LogP contribution in [0.15, 0.2) is 18.2 Å². The molecule has 1 saturated heterocycles. The van der Waals surface area contributed by atoms with E-state index in [1.165, 1.54) is 0 Å². The van der Waals surface area contributed by atoms with Crippen LogP contribution in [0, 0.1) is 5.92 Å². The number of hydrogen-bond acceptors (Lipinski definition) is 2. The molecule has 1 aromatic carbocycles. The number of ether oxygens (including phenoxy) is 1. The molecule has 0 aliphatic carbocycles. The molecule has 2 nitrogen and oxygen atoms in total. The molecule has 0 bridgehead atoms. The number of hydrogen-bond donors (Lipinski definition) is 1. The topological polar surface area (TPSA) is 21.3 Å². The molecule has 1 aliphatic rings. The summed E-state index contributed by atoms with van der Waals surface area (Å²) >= 11 is 11.9. The van der Waals surface area contributed by atoms with Gasteiger partial charge in [-0.15, -0.1) is 0 Å². The fourth-order valence-corrected chi connectivity index (χ4v) is 2.18. The Labute approximate surface area is 106 Å². The smallest absolute Gasteiger partial charge is 0.139 e. The predicted octanol–water partition coefficient (Wildman–Crippen LogP) is 3.37. The van der Waals surface area contributed by atoms with Gasteiger partial charge in [-0.1, -0.05) is 23.2 Å². The standard InChI is InChI=1S/C12H15Cl2NO/c13-10-1-2-11(14)12(7-10)16-8-9-3-5-15-6-4-9/h1-2,7,9,15H,3-6,8H2. The van der Waals surface area contributed by atoms with Crippen LogP contribution in [0.25, 0.3) is 0 Å². The second-order valence-electron chi connectivity index (χ2n) is 4.08. The Kier molecular flexibility index (Phi) is 4.33. The van der Waals surface area contributed by atoms with Gasteiger partial charge in [-0.05, 0) is 44.0 Å². The Morgan fingerprint density at radius 3 is 2.75 bits per heavy atom. The van der Waals surface area contributed by atoms with Crippen molar-refractivity contribution in [2.45, 2.75) is 12.8 Å². The van der Waals surface area contributed by atoms with Crippen LogP contribution in [-0.2, 0) is 0 Å². The average molecular weight is 260 g/mol. The maximum atomic E-state index is 6.02. The van der Waals surface area contributed by atoms with Gasteiger partial charge in [-0.25, -0.2) is 0 Å². The number of piperidine rings is 1. The first-order valence-electron chi connectivity index (χ1n) is 5.54. The monoisotopic (exact) mass is 259 g/mol. The minimum absolute atomic E-state index is 0.622. The van der Waals surface area contributed by atoms with Gasteiger partial charge in [0.2, 0.25) is 0 Å². The maximum absolute atomic E-state index is 6.02. The summed E-state index contributed by atoms with van der Waals surface area (Å²) in [5.74, 6) is 1.31. The largest absolute Gasteiger partial charge is 0.492 e. The van der Waals surface area contributed by atoms with Crippen LogP contribution in [0.4, 0.5) is 0 Å². The van der Waals surface area contributed by atoms with E-state index in [4.69, 9.17) is 27.9 Å². The Balaban J connectivity index is 1.90. The van der Waals surface area contributed by atoms with E-state index in [0.29, 0.717) is 21.7 Å². The lowest BCUT2D eigenvalue weighted by molar-refractivity contribution is 0.215. The van der Waals surface area contributed by atoms with Crippen molar-refractivity contribution in [3.05, 3.63) is 28.2 Å². The fourth-order valence-electron chi connectivity index (χ4n) is 1.84. The third-order valence-corrected chi connectivity index (χ3v) is 3.37. The van der Waals surface area contributed by atoms with Crippen LogP contribution in [0.1, 0.15) is 12.8 Å². The molecule has 0 radical (unpaired) electrons. The van der Waals surface area contributed by atoms with E-state index in [1.807, 2.05) is 0 Å². The Bertz CT molecular complexity index is 351. The summed E-state index contributed by atoms with van der Waals surface area (Å²) in [4.78, 5) is 0. The van der Waals surface area contributed by atoms with Crippen LogP contribution >= 0.6 is 23.2 Å². The molecule has 88 valence electrons. The van der Waals surface area contributed by atoms with Crippen molar-refractivity contribution in [2.24, 2.45) is 5.92 Å². The summed E-state index contributed by atoms with van der Waals surface area (Å²) in [6.07, 6.45) is 2.33. The molecular formula is C12H15Cl2NO. The lowest BCUT2D eigenvalue weighted by atomic mass is 9.99. The lowest BCUT2D eigenvalue weighted by Gasteiger charge is -2.22. The quantitative estimate of drug-likeness (QED) is 0.899. The van der Waals surface area contributed by atoms with Gasteiger partial charge < -0.3 is 10.1 Å². The third kappa shape index (κ3) is 3.27. The molecule has 0 aromatic heterocycles. The zero-order valence-electron chi connectivity index (χ0n) is 9.01. The van der Waals surface area contributed by atoms with Gasteiger partial charge in [0.05, 0.1) is 11.6 Å². The van der Waals surface area contributed by atoms with E-state index in [2.05, 4.69) is 5.32 Å². The van der Waals surface area contributed by atoms with Crippen LogP contribution in [-0.4, -0.2) is 19.7 Å². The molecule has 1 aliphatic heterocycles. The van der Waals surface area contributed by atoms with E-state index >= 15 is 0 Å². The van der Waals surface area contributed by atoms with E-state index in [0.717, 1.165) is 32.5 Å². The lowest BCUT2D eigenvalue weighted by Crippen LogP contribution is -2.30. The molecule has 4 heteroatoms. The molecule has 1 aromatic rings. The van der Waals surface area contributed by atoms with E-state index in [-0.39, 0.29) is 0 Å². The first kappa shape index (κ1) is 12.0. The van der Waals surface area contributed by atoms with E-state index < -0.39 is 0 Å². The Morgan fingerprint density at radius 2 is 2.00 bits per heavy atom. The molecule has 0 amide bonds. The van der Waals surface area contributed by atoms with Crippen molar-refractivity contribution in [1.29, 1.82) is 0 Å². The second kappa shape index (κ2) is 5.76. The number of halogens is 2. The Hall–Kier alpha value is -0.440. The van der Waals surface area contributed by atoms with Crippen LogP contribution in [0.2, 0.25) is 10.0 Å². The maximum Gasteiger partial charge on any atom is 0.139 e. The van der Waals surface area contributed by atoms with Crippen molar-refractivity contribution in [3.63, 3.8) is 0 Å². The van der Waals surface area contributed by atoms with Crippen LogP contribution in [0.5, 0.6) is 5.75 Å². The highest BCUT2D eigenvalue weighted by Gasteiger charge is 2.14. The van der Waals surface area contributed by atoms with Gasteiger partial charge in [0.25, 0.3) is 0 Å². The second-order valence-corrected chi connectivity index (χ2v) is 4.92. The molecule has 0 saturated carbocycles. The molecule has 16 heavy (non-hydrogen) atoms. The van der Waals surface area contributed by atoms with Crippen molar-refractivity contribution in [3.8, 4) is 5.75 Å². The molecule has 1 fully saturated rings. The van der Waals surface area contributed by atoms with Crippen molar-refractivity contribution in [1.82, 2.24) is 5.32 Å². The minimum Gasteiger partial charge on any atom is -0.492 e. The molecule has 0 unspecified atom stereocenters. The van der Waals surface area contributed by atoms with Gasteiger partial charge >= 0.3 is 0 Å². The van der Waals surface area contributed by atoms with Gasteiger partial charge in [0.1, 0.15) is 5.75 Å². The molecular weight excluding hydrogens is 245 g/mol. The highest BCUT2D eigenvalue weighted by Crippen LogP contribution is 2.28. The molecule has 1 N–H and O–H groups in total. The van der Waals surface area contributed by atoms with Crippen LogP contribution in [0.3, 0.4) is 0 Å². The average Bonchev–Trinajstić information content (AvgIpc) is 2.32. The molecule has 0 spiro atoms. The van der Waals surface area contributed by atoms with Gasteiger partial charge in [0, 0.05) is 11.1 Å².